The van der Waals surface area contributed by atoms with E-state index in [0.717, 1.165) is 6.42 Å². The van der Waals surface area contributed by atoms with Crippen molar-refractivity contribution in [2.75, 3.05) is 0 Å². The predicted octanol–water partition coefficient (Wildman–Crippen LogP) is 2.74. The Labute approximate surface area is 97.8 Å². The number of hydrogen-bond acceptors (Lipinski definition) is 2. The van der Waals surface area contributed by atoms with E-state index in [4.69, 9.17) is 5.73 Å². The van der Waals surface area contributed by atoms with Crippen molar-refractivity contribution in [1.82, 2.24) is 10.2 Å². The predicted molar refractivity (Wildman–Crippen MR) is 66.4 cm³/mol. The van der Waals surface area contributed by atoms with E-state index < -0.39 is 0 Å². The summed E-state index contributed by atoms with van der Waals surface area (Å²) >= 11 is 0. The van der Waals surface area contributed by atoms with Gasteiger partial charge in [0.15, 0.2) is 0 Å². The molecule has 1 heterocycles. The molecular formula is C13H23N3. The molecule has 1 fully saturated rings. The molecule has 16 heavy (non-hydrogen) atoms. The average Bonchev–Trinajstić information content (AvgIpc) is 2.53. The fraction of sp³-hybridized carbons (Fsp3) is 0.769. The van der Waals surface area contributed by atoms with E-state index in [1.807, 2.05) is 6.20 Å². The Bertz CT molecular complexity index is 309. The number of nitrogens with one attached hydrogen (secondary N) is 1. The molecule has 1 aromatic heterocycles. The van der Waals surface area contributed by atoms with Crippen LogP contribution in [0.1, 0.15) is 62.6 Å². The molecular weight excluding hydrogens is 198 g/mol. The van der Waals surface area contributed by atoms with E-state index >= 15 is 0 Å². The first-order chi connectivity index (χ1) is 7.77. The quantitative estimate of drug-likeness (QED) is 0.771. The molecule has 0 amide bonds. The molecule has 2 rings (SSSR count). The van der Waals surface area contributed by atoms with Crippen LogP contribution in [-0.4, -0.2) is 16.2 Å². The molecule has 90 valence electrons. The van der Waals surface area contributed by atoms with Crippen molar-refractivity contribution >= 4 is 0 Å². The van der Waals surface area contributed by atoms with E-state index in [9.17, 15) is 0 Å². The highest BCUT2D eigenvalue weighted by Crippen LogP contribution is 2.32. The van der Waals surface area contributed by atoms with E-state index in [1.54, 1.807) is 0 Å². The lowest BCUT2D eigenvalue weighted by atomic mass is 9.92. The Hall–Kier alpha value is -0.830. The highest BCUT2D eigenvalue weighted by atomic mass is 15.1. The smallest absolute Gasteiger partial charge is 0.0522 e. The molecule has 0 aliphatic heterocycles. The average molecular weight is 221 g/mol. The zero-order valence-corrected chi connectivity index (χ0v) is 10.2. The maximum Gasteiger partial charge on any atom is 0.0522 e. The molecule has 0 spiro atoms. The van der Waals surface area contributed by atoms with Crippen LogP contribution in [-0.2, 0) is 6.42 Å². The molecule has 1 saturated carbocycles. The van der Waals surface area contributed by atoms with Gasteiger partial charge in [0.2, 0.25) is 0 Å². The summed E-state index contributed by atoms with van der Waals surface area (Å²) in [5.74, 6) is 0.693. The second-order valence-corrected chi connectivity index (χ2v) is 5.18. The normalized spacial score (nSPS) is 20.6. The number of aromatic nitrogens is 2. The van der Waals surface area contributed by atoms with Gasteiger partial charge in [0.05, 0.1) is 6.20 Å². The van der Waals surface area contributed by atoms with Gasteiger partial charge in [-0.25, -0.2) is 0 Å². The third-order valence-corrected chi connectivity index (χ3v) is 3.56. The van der Waals surface area contributed by atoms with Crippen LogP contribution in [0.25, 0.3) is 0 Å². The second kappa shape index (κ2) is 5.48. The lowest BCUT2D eigenvalue weighted by Gasteiger charge is -2.15. The minimum absolute atomic E-state index is 0.224. The van der Waals surface area contributed by atoms with Crippen molar-refractivity contribution in [3.05, 3.63) is 17.5 Å². The summed E-state index contributed by atoms with van der Waals surface area (Å²) in [4.78, 5) is 0. The SMILES string of the molecule is CC(N)Cc1cn[nH]c1C1CCCCCC1. The van der Waals surface area contributed by atoms with Crippen LogP contribution >= 0.6 is 0 Å². The first-order valence-corrected chi connectivity index (χ1v) is 6.55. The molecule has 0 saturated heterocycles. The van der Waals surface area contributed by atoms with Crippen LogP contribution in [0, 0.1) is 0 Å². The molecule has 0 aromatic carbocycles. The minimum atomic E-state index is 0.224. The van der Waals surface area contributed by atoms with Crippen LogP contribution in [0.4, 0.5) is 0 Å². The molecule has 1 aromatic rings. The van der Waals surface area contributed by atoms with Gasteiger partial charge >= 0.3 is 0 Å². The summed E-state index contributed by atoms with van der Waals surface area (Å²) in [6, 6.07) is 0.224. The van der Waals surface area contributed by atoms with Crippen molar-refractivity contribution in [3.63, 3.8) is 0 Å². The fourth-order valence-electron chi connectivity index (χ4n) is 2.75. The molecule has 1 unspecified atom stereocenters. The van der Waals surface area contributed by atoms with Gasteiger partial charge in [0.1, 0.15) is 0 Å². The summed E-state index contributed by atoms with van der Waals surface area (Å²) in [6.07, 6.45) is 11.1. The van der Waals surface area contributed by atoms with Gasteiger partial charge in [-0.15, -0.1) is 0 Å². The Kier molecular flexibility index (Phi) is 3.99. The van der Waals surface area contributed by atoms with Crippen molar-refractivity contribution in [2.24, 2.45) is 5.73 Å². The number of hydrogen-bond donors (Lipinski definition) is 2. The first-order valence-electron chi connectivity index (χ1n) is 6.55. The van der Waals surface area contributed by atoms with Gasteiger partial charge in [0.25, 0.3) is 0 Å². The molecule has 1 aliphatic carbocycles. The molecule has 0 bridgehead atoms. The van der Waals surface area contributed by atoms with Crippen molar-refractivity contribution < 1.29 is 0 Å². The molecule has 1 aliphatic rings. The van der Waals surface area contributed by atoms with Crippen molar-refractivity contribution in [3.8, 4) is 0 Å². The van der Waals surface area contributed by atoms with Gasteiger partial charge in [-0.05, 0) is 31.7 Å². The largest absolute Gasteiger partial charge is 0.328 e. The molecule has 3 nitrogen and oxygen atoms in total. The Morgan fingerprint density at radius 3 is 2.69 bits per heavy atom. The van der Waals surface area contributed by atoms with E-state index in [-0.39, 0.29) is 6.04 Å². The van der Waals surface area contributed by atoms with Crippen LogP contribution in [0.5, 0.6) is 0 Å². The summed E-state index contributed by atoms with van der Waals surface area (Å²) in [5, 5.41) is 7.40. The second-order valence-electron chi connectivity index (χ2n) is 5.18. The molecule has 1 atom stereocenters. The summed E-state index contributed by atoms with van der Waals surface area (Å²) in [6.45, 7) is 2.06. The van der Waals surface area contributed by atoms with Crippen LogP contribution < -0.4 is 5.73 Å². The third-order valence-electron chi connectivity index (χ3n) is 3.56. The maximum atomic E-state index is 5.87. The number of nitrogens with two attached hydrogens (primary N) is 1. The Balaban J connectivity index is 2.09. The van der Waals surface area contributed by atoms with Crippen molar-refractivity contribution in [2.45, 2.75) is 63.8 Å². The van der Waals surface area contributed by atoms with Crippen LogP contribution in [0.2, 0.25) is 0 Å². The number of rotatable bonds is 3. The summed E-state index contributed by atoms with van der Waals surface area (Å²) < 4.78 is 0. The summed E-state index contributed by atoms with van der Waals surface area (Å²) in [5.41, 5.74) is 8.57. The Morgan fingerprint density at radius 2 is 2.06 bits per heavy atom. The standard InChI is InChI=1S/C13H23N3/c1-10(14)8-12-9-15-16-13(12)11-6-4-2-3-5-7-11/h9-11H,2-8,14H2,1H3,(H,15,16). The van der Waals surface area contributed by atoms with Crippen LogP contribution in [0.3, 0.4) is 0 Å². The zero-order valence-electron chi connectivity index (χ0n) is 10.2. The maximum absolute atomic E-state index is 5.87. The van der Waals surface area contributed by atoms with E-state index in [1.165, 1.54) is 49.8 Å². The minimum Gasteiger partial charge on any atom is -0.328 e. The zero-order chi connectivity index (χ0) is 11.4. The molecule has 0 radical (unpaired) electrons. The van der Waals surface area contributed by atoms with Gasteiger partial charge in [-0.2, -0.15) is 5.10 Å². The number of nitrogens with zero attached hydrogens (tertiary/aromatic N) is 1. The highest BCUT2D eigenvalue weighted by molar-refractivity contribution is 5.21. The van der Waals surface area contributed by atoms with Crippen LogP contribution in [0.15, 0.2) is 6.20 Å². The third kappa shape index (κ3) is 2.85. The van der Waals surface area contributed by atoms with E-state index in [0.29, 0.717) is 5.92 Å². The van der Waals surface area contributed by atoms with Gasteiger partial charge in [-0.1, -0.05) is 25.7 Å². The lowest BCUT2D eigenvalue weighted by Crippen LogP contribution is -2.18. The van der Waals surface area contributed by atoms with Crippen molar-refractivity contribution in [1.29, 1.82) is 0 Å². The summed E-state index contributed by atoms with van der Waals surface area (Å²) in [7, 11) is 0. The Morgan fingerprint density at radius 1 is 1.38 bits per heavy atom. The van der Waals surface area contributed by atoms with E-state index in [2.05, 4.69) is 17.1 Å². The highest BCUT2D eigenvalue weighted by Gasteiger charge is 2.19. The monoisotopic (exact) mass is 221 g/mol. The number of H-pyrrole nitrogens is 1. The molecule has 3 N–H and O–H groups in total. The topological polar surface area (TPSA) is 54.7 Å². The number of aromatic amines is 1. The van der Waals surface area contributed by atoms with Gasteiger partial charge in [-0.3, -0.25) is 5.10 Å². The lowest BCUT2D eigenvalue weighted by molar-refractivity contribution is 0.568. The fourth-order valence-corrected chi connectivity index (χ4v) is 2.75. The first kappa shape index (κ1) is 11.6. The van der Waals surface area contributed by atoms with Gasteiger partial charge < -0.3 is 5.73 Å². The van der Waals surface area contributed by atoms with Gasteiger partial charge in [0, 0.05) is 17.7 Å². The molecule has 3 heteroatoms.